The van der Waals surface area contributed by atoms with Gasteiger partial charge in [-0.3, -0.25) is 0 Å². The first-order valence-corrected chi connectivity index (χ1v) is 5.20. The first-order chi connectivity index (χ1) is 5.89. The fraction of sp³-hybridized carbons (Fsp3) is 0.800. The van der Waals surface area contributed by atoms with Crippen molar-refractivity contribution in [3.8, 4) is 0 Å². The van der Waals surface area contributed by atoms with E-state index < -0.39 is 0 Å². The standard InChI is InChI=1S/C10H18O2S/c1-7-8(2)10(4,12-6)13-9(7,3)11-5/h1-6H3/t9-,10-/m0/s1. The molecule has 0 aromatic carbocycles. The Morgan fingerprint density at radius 1 is 0.923 bits per heavy atom. The van der Waals surface area contributed by atoms with Crippen molar-refractivity contribution < 1.29 is 9.47 Å². The minimum Gasteiger partial charge on any atom is -0.364 e. The summed E-state index contributed by atoms with van der Waals surface area (Å²) in [4.78, 5) is -0.455. The molecule has 0 N–H and O–H groups in total. The van der Waals surface area contributed by atoms with Gasteiger partial charge in [-0.05, 0) is 38.8 Å². The lowest BCUT2D eigenvalue weighted by molar-refractivity contribution is 0.108. The van der Waals surface area contributed by atoms with Gasteiger partial charge in [0.1, 0.15) is 9.87 Å². The molecule has 2 nitrogen and oxygen atoms in total. The van der Waals surface area contributed by atoms with Crippen LogP contribution in [-0.2, 0) is 9.47 Å². The van der Waals surface area contributed by atoms with E-state index in [1.807, 2.05) is 0 Å². The lowest BCUT2D eigenvalue weighted by Crippen LogP contribution is -2.26. The lowest BCUT2D eigenvalue weighted by Gasteiger charge is -2.28. The molecule has 0 radical (unpaired) electrons. The Hall–Kier alpha value is 0.0100. The molecule has 2 atom stereocenters. The van der Waals surface area contributed by atoms with Crippen molar-refractivity contribution in [2.75, 3.05) is 14.2 Å². The number of ether oxygens (including phenoxy) is 2. The van der Waals surface area contributed by atoms with Crippen LogP contribution in [0.3, 0.4) is 0 Å². The fourth-order valence-corrected chi connectivity index (χ4v) is 3.12. The highest BCUT2D eigenvalue weighted by molar-refractivity contribution is 8.02. The molecule has 0 spiro atoms. The highest BCUT2D eigenvalue weighted by Crippen LogP contribution is 2.53. The van der Waals surface area contributed by atoms with E-state index in [2.05, 4.69) is 27.7 Å². The monoisotopic (exact) mass is 202 g/mol. The Morgan fingerprint density at radius 2 is 1.23 bits per heavy atom. The molecule has 0 aromatic rings. The molecule has 1 rings (SSSR count). The summed E-state index contributed by atoms with van der Waals surface area (Å²) in [6.45, 7) is 8.38. The highest BCUT2D eigenvalue weighted by Gasteiger charge is 2.47. The molecular weight excluding hydrogens is 184 g/mol. The van der Waals surface area contributed by atoms with Gasteiger partial charge < -0.3 is 9.47 Å². The summed E-state index contributed by atoms with van der Waals surface area (Å²) >= 11 is 1.71. The summed E-state index contributed by atoms with van der Waals surface area (Å²) in [5.74, 6) is 0. The van der Waals surface area contributed by atoms with Gasteiger partial charge in [0.15, 0.2) is 0 Å². The number of methoxy groups -OCH3 is 2. The van der Waals surface area contributed by atoms with Gasteiger partial charge >= 0.3 is 0 Å². The van der Waals surface area contributed by atoms with Crippen LogP contribution in [0.25, 0.3) is 0 Å². The molecule has 3 heteroatoms. The number of hydrogen-bond donors (Lipinski definition) is 0. The topological polar surface area (TPSA) is 18.5 Å². The van der Waals surface area contributed by atoms with E-state index in [1.165, 1.54) is 11.1 Å². The Morgan fingerprint density at radius 3 is 1.38 bits per heavy atom. The van der Waals surface area contributed by atoms with Crippen LogP contribution in [0.4, 0.5) is 0 Å². The molecule has 1 aliphatic rings. The third kappa shape index (κ3) is 1.53. The summed E-state index contributed by atoms with van der Waals surface area (Å²) in [5, 5.41) is 0. The van der Waals surface area contributed by atoms with E-state index in [-0.39, 0.29) is 9.87 Å². The van der Waals surface area contributed by atoms with Crippen molar-refractivity contribution in [1.82, 2.24) is 0 Å². The van der Waals surface area contributed by atoms with Gasteiger partial charge in [0.2, 0.25) is 0 Å². The van der Waals surface area contributed by atoms with Gasteiger partial charge in [0.25, 0.3) is 0 Å². The van der Waals surface area contributed by atoms with Crippen LogP contribution in [0, 0.1) is 0 Å². The summed E-state index contributed by atoms with van der Waals surface area (Å²) in [6.07, 6.45) is 0. The third-order valence-electron chi connectivity index (χ3n) is 3.09. The molecule has 13 heavy (non-hydrogen) atoms. The largest absolute Gasteiger partial charge is 0.364 e. The van der Waals surface area contributed by atoms with Crippen molar-refractivity contribution in [1.29, 1.82) is 0 Å². The van der Waals surface area contributed by atoms with Crippen molar-refractivity contribution in [3.05, 3.63) is 11.1 Å². The van der Waals surface area contributed by atoms with Crippen LogP contribution >= 0.6 is 11.8 Å². The first-order valence-electron chi connectivity index (χ1n) is 4.38. The van der Waals surface area contributed by atoms with Crippen LogP contribution in [0.5, 0.6) is 0 Å². The minimum atomic E-state index is -0.227. The molecule has 1 aliphatic heterocycles. The van der Waals surface area contributed by atoms with Crippen molar-refractivity contribution in [3.63, 3.8) is 0 Å². The second-order valence-electron chi connectivity index (χ2n) is 3.65. The molecule has 1 heterocycles. The zero-order chi connectivity index (χ0) is 10.3. The van der Waals surface area contributed by atoms with Crippen LogP contribution < -0.4 is 0 Å². The molecule has 0 bridgehead atoms. The predicted octanol–water partition coefficient (Wildman–Crippen LogP) is 2.79. The average Bonchev–Trinajstić information content (AvgIpc) is 2.30. The SMILES string of the molecule is CO[C@@]1(C)S[C@](C)(OC)C(C)=C1C. The fourth-order valence-electron chi connectivity index (χ4n) is 1.60. The van der Waals surface area contributed by atoms with Crippen molar-refractivity contribution >= 4 is 11.8 Å². The average molecular weight is 202 g/mol. The van der Waals surface area contributed by atoms with Gasteiger partial charge in [-0.1, -0.05) is 11.8 Å². The number of hydrogen-bond acceptors (Lipinski definition) is 3. The molecule has 0 amide bonds. The van der Waals surface area contributed by atoms with Gasteiger partial charge in [-0.2, -0.15) is 0 Å². The summed E-state index contributed by atoms with van der Waals surface area (Å²) in [7, 11) is 3.48. The molecule has 0 fully saturated rings. The predicted molar refractivity (Wildman–Crippen MR) is 56.8 cm³/mol. The normalized spacial score (nSPS) is 40.2. The lowest BCUT2D eigenvalue weighted by atomic mass is 10.0. The Balaban J connectivity index is 3.07. The second-order valence-corrected chi connectivity index (χ2v) is 5.41. The van der Waals surface area contributed by atoms with Crippen LogP contribution in [0.1, 0.15) is 27.7 Å². The molecular formula is C10H18O2S. The van der Waals surface area contributed by atoms with E-state index in [4.69, 9.17) is 9.47 Å². The quantitative estimate of drug-likeness (QED) is 0.641. The molecule has 76 valence electrons. The van der Waals surface area contributed by atoms with E-state index in [1.54, 1.807) is 26.0 Å². The minimum absolute atomic E-state index is 0.227. The summed E-state index contributed by atoms with van der Waals surface area (Å²) in [6, 6.07) is 0. The Labute approximate surface area is 84.7 Å². The van der Waals surface area contributed by atoms with Gasteiger partial charge in [0.05, 0.1) is 0 Å². The molecule has 0 saturated carbocycles. The zero-order valence-corrected chi connectivity index (χ0v) is 10.0. The molecule has 0 unspecified atom stereocenters. The van der Waals surface area contributed by atoms with Crippen LogP contribution in [-0.4, -0.2) is 24.1 Å². The smallest absolute Gasteiger partial charge is 0.135 e. The summed E-state index contributed by atoms with van der Waals surface area (Å²) < 4.78 is 11.0. The maximum Gasteiger partial charge on any atom is 0.135 e. The van der Waals surface area contributed by atoms with Gasteiger partial charge in [-0.25, -0.2) is 0 Å². The number of rotatable bonds is 2. The Bertz CT molecular complexity index is 225. The van der Waals surface area contributed by atoms with E-state index >= 15 is 0 Å². The van der Waals surface area contributed by atoms with Crippen LogP contribution in [0.2, 0.25) is 0 Å². The summed E-state index contributed by atoms with van der Waals surface area (Å²) in [5.41, 5.74) is 2.54. The van der Waals surface area contributed by atoms with E-state index in [0.717, 1.165) is 0 Å². The zero-order valence-electron chi connectivity index (χ0n) is 9.22. The van der Waals surface area contributed by atoms with E-state index in [9.17, 15) is 0 Å². The third-order valence-corrected chi connectivity index (χ3v) is 4.82. The van der Waals surface area contributed by atoms with Gasteiger partial charge in [0, 0.05) is 14.2 Å². The second kappa shape index (κ2) is 3.30. The van der Waals surface area contributed by atoms with E-state index in [0.29, 0.717) is 0 Å². The maximum atomic E-state index is 5.50. The van der Waals surface area contributed by atoms with Crippen molar-refractivity contribution in [2.24, 2.45) is 0 Å². The maximum absolute atomic E-state index is 5.50. The highest BCUT2D eigenvalue weighted by atomic mass is 32.2. The molecule has 0 aromatic heterocycles. The number of thioether (sulfide) groups is 1. The van der Waals surface area contributed by atoms with Gasteiger partial charge in [-0.15, -0.1) is 0 Å². The van der Waals surface area contributed by atoms with Crippen molar-refractivity contribution in [2.45, 2.75) is 37.6 Å². The van der Waals surface area contributed by atoms with Crippen LogP contribution in [0.15, 0.2) is 11.1 Å². The Kier molecular flexibility index (Phi) is 2.81. The first kappa shape index (κ1) is 11.1. The molecule has 0 saturated heterocycles. The molecule has 0 aliphatic carbocycles.